The number of amides is 1. The van der Waals surface area contributed by atoms with Crippen LogP contribution in [0.4, 0.5) is 4.39 Å². The highest BCUT2D eigenvalue weighted by molar-refractivity contribution is 7.09. The molecule has 2 aromatic rings. The van der Waals surface area contributed by atoms with Gasteiger partial charge >= 0.3 is 0 Å². The zero-order valence-electron chi connectivity index (χ0n) is 12.6. The summed E-state index contributed by atoms with van der Waals surface area (Å²) in [6.45, 7) is 1.56. The molecule has 0 spiro atoms. The molecule has 0 saturated heterocycles. The van der Waals surface area contributed by atoms with Crippen molar-refractivity contribution in [1.82, 2.24) is 15.6 Å². The fourth-order valence-corrected chi connectivity index (χ4v) is 2.84. The number of aromatic nitrogens is 1. The molecule has 1 amide bonds. The molecule has 2 N–H and O–H groups in total. The number of rotatable bonds is 8. The van der Waals surface area contributed by atoms with Gasteiger partial charge in [-0.15, -0.1) is 11.3 Å². The van der Waals surface area contributed by atoms with Crippen LogP contribution in [0, 0.1) is 5.82 Å². The molecule has 1 aromatic heterocycles. The standard InChI is InChI=1S/C16H20FN3OS/c1-18-7-2-8-19-15(21)10-14-11-22-16(20-14)9-12-3-5-13(17)6-4-12/h3-6,11,18H,2,7-10H2,1H3,(H,19,21). The average molecular weight is 321 g/mol. The van der Waals surface area contributed by atoms with Crippen molar-refractivity contribution in [2.24, 2.45) is 0 Å². The van der Waals surface area contributed by atoms with E-state index in [9.17, 15) is 9.18 Å². The number of thiazole rings is 1. The lowest BCUT2D eigenvalue weighted by Crippen LogP contribution is -2.28. The second-order valence-corrected chi connectivity index (χ2v) is 5.96. The summed E-state index contributed by atoms with van der Waals surface area (Å²) >= 11 is 1.53. The maximum absolute atomic E-state index is 12.9. The molecule has 0 saturated carbocycles. The quantitative estimate of drug-likeness (QED) is 0.733. The monoisotopic (exact) mass is 321 g/mol. The number of nitrogens with one attached hydrogen (secondary N) is 2. The molecule has 0 radical (unpaired) electrons. The summed E-state index contributed by atoms with van der Waals surface area (Å²) in [7, 11) is 1.89. The van der Waals surface area contributed by atoms with Gasteiger partial charge in [0.25, 0.3) is 0 Å². The molecule has 6 heteroatoms. The molecule has 0 fully saturated rings. The highest BCUT2D eigenvalue weighted by Gasteiger charge is 2.08. The number of nitrogens with zero attached hydrogens (tertiary/aromatic N) is 1. The Balaban J connectivity index is 1.80. The Bertz CT molecular complexity index is 598. The fourth-order valence-electron chi connectivity index (χ4n) is 2.01. The molecule has 0 aliphatic rings. The minimum Gasteiger partial charge on any atom is -0.356 e. The van der Waals surface area contributed by atoms with Crippen LogP contribution in [0.15, 0.2) is 29.6 Å². The molecule has 1 aromatic carbocycles. The van der Waals surface area contributed by atoms with Crippen LogP contribution >= 0.6 is 11.3 Å². The normalized spacial score (nSPS) is 10.6. The molecule has 0 bridgehead atoms. The molecule has 1 heterocycles. The van der Waals surface area contributed by atoms with Crippen LogP contribution in [-0.2, 0) is 17.6 Å². The first-order valence-corrected chi connectivity index (χ1v) is 8.14. The molecule has 0 unspecified atom stereocenters. The van der Waals surface area contributed by atoms with Gasteiger partial charge in [0.15, 0.2) is 0 Å². The predicted octanol–water partition coefficient (Wildman–Crippen LogP) is 2.14. The van der Waals surface area contributed by atoms with Crippen molar-refractivity contribution in [3.8, 4) is 0 Å². The summed E-state index contributed by atoms with van der Waals surface area (Å²) in [5.74, 6) is -0.242. The lowest BCUT2D eigenvalue weighted by Gasteiger charge is -2.03. The summed E-state index contributed by atoms with van der Waals surface area (Å²) in [4.78, 5) is 16.2. The number of halogens is 1. The van der Waals surface area contributed by atoms with E-state index >= 15 is 0 Å². The van der Waals surface area contributed by atoms with Crippen LogP contribution in [0.2, 0.25) is 0 Å². The Morgan fingerprint density at radius 2 is 2.05 bits per heavy atom. The first-order chi connectivity index (χ1) is 10.7. The van der Waals surface area contributed by atoms with Crippen molar-refractivity contribution in [2.45, 2.75) is 19.3 Å². The van der Waals surface area contributed by atoms with Gasteiger partial charge in [-0.25, -0.2) is 9.37 Å². The molecule has 118 valence electrons. The average Bonchev–Trinajstić information content (AvgIpc) is 2.93. The number of benzene rings is 1. The van der Waals surface area contributed by atoms with Gasteiger partial charge < -0.3 is 10.6 Å². The van der Waals surface area contributed by atoms with Gasteiger partial charge in [0, 0.05) is 18.3 Å². The maximum atomic E-state index is 12.9. The molecule has 0 aliphatic carbocycles. The Kier molecular flexibility index (Phi) is 6.48. The van der Waals surface area contributed by atoms with E-state index in [1.807, 2.05) is 12.4 Å². The molecule has 4 nitrogen and oxygen atoms in total. The van der Waals surface area contributed by atoms with Crippen molar-refractivity contribution in [3.05, 3.63) is 51.7 Å². The molecule has 0 atom stereocenters. The SMILES string of the molecule is CNCCCNC(=O)Cc1csc(Cc2ccc(F)cc2)n1. The van der Waals surface area contributed by atoms with Gasteiger partial charge in [-0.05, 0) is 37.7 Å². The van der Waals surface area contributed by atoms with E-state index in [1.165, 1.54) is 23.5 Å². The molecular formula is C16H20FN3OS. The second-order valence-electron chi connectivity index (χ2n) is 5.02. The Labute approximate surface area is 133 Å². The third-order valence-electron chi connectivity index (χ3n) is 3.14. The topological polar surface area (TPSA) is 54.0 Å². The molecular weight excluding hydrogens is 301 g/mol. The van der Waals surface area contributed by atoms with Gasteiger partial charge in [0.05, 0.1) is 17.1 Å². The number of carbonyl (C=O) groups excluding carboxylic acids is 1. The Hall–Kier alpha value is -1.79. The van der Waals surface area contributed by atoms with Crippen molar-refractivity contribution < 1.29 is 9.18 Å². The lowest BCUT2D eigenvalue weighted by molar-refractivity contribution is -0.120. The number of hydrogen-bond donors (Lipinski definition) is 2. The molecule has 2 rings (SSSR count). The van der Waals surface area contributed by atoms with E-state index in [4.69, 9.17) is 0 Å². The Morgan fingerprint density at radius 3 is 2.77 bits per heavy atom. The minimum atomic E-state index is -0.237. The number of hydrogen-bond acceptors (Lipinski definition) is 4. The van der Waals surface area contributed by atoms with E-state index in [1.54, 1.807) is 12.1 Å². The van der Waals surface area contributed by atoms with Gasteiger partial charge in [-0.3, -0.25) is 4.79 Å². The smallest absolute Gasteiger partial charge is 0.226 e. The van der Waals surface area contributed by atoms with Crippen LogP contribution in [0.1, 0.15) is 22.7 Å². The highest BCUT2D eigenvalue weighted by atomic mass is 32.1. The van der Waals surface area contributed by atoms with E-state index < -0.39 is 0 Å². The summed E-state index contributed by atoms with van der Waals surface area (Å²) in [5, 5.41) is 8.75. The van der Waals surface area contributed by atoms with Gasteiger partial charge in [-0.1, -0.05) is 12.1 Å². The maximum Gasteiger partial charge on any atom is 0.226 e. The van der Waals surface area contributed by atoms with Crippen LogP contribution in [-0.4, -0.2) is 31.0 Å². The lowest BCUT2D eigenvalue weighted by atomic mass is 10.1. The van der Waals surface area contributed by atoms with Crippen LogP contribution in [0.25, 0.3) is 0 Å². The van der Waals surface area contributed by atoms with Gasteiger partial charge in [0.1, 0.15) is 5.82 Å². The first kappa shape index (κ1) is 16.6. The molecule has 0 aliphatic heterocycles. The Morgan fingerprint density at radius 1 is 1.27 bits per heavy atom. The first-order valence-electron chi connectivity index (χ1n) is 7.26. The van der Waals surface area contributed by atoms with Crippen LogP contribution < -0.4 is 10.6 Å². The molecule has 22 heavy (non-hydrogen) atoms. The fraction of sp³-hybridized carbons (Fsp3) is 0.375. The summed E-state index contributed by atoms with van der Waals surface area (Å²) in [6, 6.07) is 6.40. The van der Waals surface area contributed by atoms with E-state index in [0.717, 1.165) is 29.2 Å². The van der Waals surface area contributed by atoms with Gasteiger partial charge in [-0.2, -0.15) is 0 Å². The van der Waals surface area contributed by atoms with E-state index in [-0.39, 0.29) is 11.7 Å². The van der Waals surface area contributed by atoms with Crippen molar-refractivity contribution in [2.75, 3.05) is 20.1 Å². The predicted molar refractivity (Wildman–Crippen MR) is 86.6 cm³/mol. The summed E-state index contributed by atoms with van der Waals surface area (Å²) in [6.07, 6.45) is 1.88. The number of carbonyl (C=O) groups is 1. The van der Waals surface area contributed by atoms with Gasteiger partial charge in [0.2, 0.25) is 5.91 Å². The zero-order chi connectivity index (χ0) is 15.8. The van der Waals surface area contributed by atoms with Crippen molar-refractivity contribution >= 4 is 17.2 Å². The van der Waals surface area contributed by atoms with E-state index in [0.29, 0.717) is 19.4 Å². The zero-order valence-corrected chi connectivity index (χ0v) is 13.4. The summed E-state index contributed by atoms with van der Waals surface area (Å²) < 4.78 is 12.9. The summed E-state index contributed by atoms with van der Waals surface area (Å²) in [5.41, 5.74) is 1.80. The van der Waals surface area contributed by atoms with Crippen molar-refractivity contribution in [3.63, 3.8) is 0 Å². The third kappa shape index (κ3) is 5.54. The third-order valence-corrected chi connectivity index (χ3v) is 4.03. The van der Waals surface area contributed by atoms with Crippen LogP contribution in [0.3, 0.4) is 0 Å². The van der Waals surface area contributed by atoms with Crippen LogP contribution in [0.5, 0.6) is 0 Å². The minimum absolute atomic E-state index is 0.00487. The highest BCUT2D eigenvalue weighted by Crippen LogP contribution is 2.15. The second kappa shape index (κ2) is 8.60. The largest absolute Gasteiger partial charge is 0.356 e. The van der Waals surface area contributed by atoms with E-state index in [2.05, 4.69) is 15.6 Å². The van der Waals surface area contributed by atoms with Crippen molar-refractivity contribution in [1.29, 1.82) is 0 Å².